The van der Waals surface area contributed by atoms with Gasteiger partial charge in [-0.05, 0) is 30.3 Å². The normalized spacial score (nSPS) is 11.8. The molecule has 0 radical (unpaired) electrons. The van der Waals surface area contributed by atoms with Gasteiger partial charge in [-0.1, -0.05) is 0 Å². The quantitative estimate of drug-likeness (QED) is 0.434. The van der Waals surface area contributed by atoms with Crippen LogP contribution < -0.4 is 0 Å². The minimum atomic E-state index is -4.72. The summed E-state index contributed by atoms with van der Waals surface area (Å²) in [4.78, 5) is 16.7. The third-order valence-electron chi connectivity index (χ3n) is 3.21. The number of nitrogens with one attached hydrogen (secondary N) is 1. The monoisotopic (exact) mass is 325 g/mol. The molecular formula is C14H7F4N3O2. The second kappa shape index (κ2) is 5.04. The highest BCUT2D eigenvalue weighted by molar-refractivity contribution is 5.88. The van der Waals surface area contributed by atoms with E-state index < -0.39 is 28.2 Å². The second-order valence-electron chi connectivity index (χ2n) is 4.74. The molecule has 1 N–H and O–H groups in total. The molecule has 0 aliphatic rings. The van der Waals surface area contributed by atoms with Gasteiger partial charge in [0.25, 0.3) is 5.69 Å². The van der Waals surface area contributed by atoms with Crippen molar-refractivity contribution >= 4 is 16.7 Å². The van der Waals surface area contributed by atoms with Gasteiger partial charge in [0, 0.05) is 11.6 Å². The molecule has 0 atom stereocenters. The molecule has 0 spiro atoms. The summed E-state index contributed by atoms with van der Waals surface area (Å²) in [6.45, 7) is 0. The highest BCUT2D eigenvalue weighted by Gasteiger charge is 2.34. The molecule has 3 aromatic rings. The Morgan fingerprint density at radius 3 is 2.35 bits per heavy atom. The lowest BCUT2D eigenvalue weighted by atomic mass is 10.1. The van der Waals surface area contributed by atoms with Crippen LogP contribution in [0.3, 0.4) is 0 Å². The van der Waals surface area contributed by atoms with Gasteiger partial charge in [0.05, 0.1) is 16.0 Å². The van der Waals surface area contributed by atoms with E-state index in [9.17, 15) is 27.7 Å². The summed E-state index contributed by atoms with van der Waals surface area (Å²) in [6.07, 6.45) is -4.72. The number of aromatic amines is 1. The van der Waals surface area contributed by atoms with E-state index in [2.05, 4.69) is 9.97 Å². The predicted octanol–water partition coefficient (Wildman–Crippen LogP) is 4.30. The van der Waals surface area contributed by atoms with Crippen LogP contribution in [0.4, 0.5) is 23.2 Å². The Bertz CT molecular complexity index is 901. The molecule has 3 rings (SSSR count). The van der Waals surface area contributed by atoms with Gasteiger partial charge in [0.15, 0.2) is 5.52 Å². The van der Waals surface area contributed by atoms with Crippen LogP contribution in [0.25, 0.3) is 22.4 Å². The first-order chi connectivity index (χ1) is 10.8. The first kappa shape index (κ1) is 14.9. The van der Waals surface area contributed by atoms with Gasteiger partial charge in [-0.25, -0.2) is 9.37 Å². The Morgan fingerprint density at radius 2 is 1.78 bits per heavy atom. The van der Waals surface area contributed by atoms with Gasteiger partial charge in [-0.3, -0.25) is 10.1 Å². The lowest BCUT2D eigenvalue weighted by Crippen LogP contribution is -2.05. The van der Waals surface area contributed by atoms with E-state index in [0.29, 0.717) is 11.6 Å². The summed E-state index contributed by atoms with van der Waals surface area (Å²) in [5.74, 6) is -0.377. The third-order valence-corrected chi connectivity index (χ3v) is 3.21. The predicted molar refractivity (Wildman–Crippen MR) is 73.1 cm³/mol. The Labute approximate surface area is 125 Å². The largest absolute Gasteiger partial charge is 0.416 e. The van der Waals surface area contributed by atoms with E-state index in [1.54, 1.807) is 0 Å². The Balaban J connectivity index is 2.23. The topological polar surface area (TPSA) is 71.8 Å². The van der Waals surface area contributed by atoms with Crippen molar-refractivity contribution in [2.45, 2.75) is 6.18 Å². The fourth-order valence-corrected chi connectivity index (χ4v) is 2.15. The van der Waals surface area contributed by atoms with Crippen molar-refractivity contribution in [2.24, 2.45) is 0 Å². The van der Waals surface area contributed by atoms with Crippen molar-refractivity contribution in [2.75, 3.05) is 0 Å². The van der Waals surface area contributed by atoms with Crippen molar-refractivity contribution in [1.82, 2.24) is 9.97 Å². The zero-order chi connectivity index (χ0) is 16.8. The lowest BCUT2D eigenvalue weighted by Gasteiger charge is -2.05. The molecule has 2 aromatic carbocycles. The fraction of sp³-hybridized carbons (Fsp3) is 0.0714. The van der Waals surface area contributed by atoms with Crippen molar-refractivity contribution in [3.63, 3.8) is 0 Å². The number of hydrogen-bond donors (Lipinski definition) is 1. The van der Waals surface area contributed by atoms with Crippen LogP contribution in [0.5, 0.6) is 0 Å². The van der Waals surface area contributed by atoms with E-state index >= 15 is 0 Å². The zero-order valence-electron chi connectivity index (χ0n) is 11.2. The molecule has 0 fully saturated rings. The van der Waals surface area contributed by atoms with Crippen LogP contribution in [-0.4, -0.2) is 14.9 Å². The number of nitro benzene ring substituents is 1. The summed E-state index contributed by atoms with van der Waals surface area (Å²) in [7, 11) is 0. The number of hydrogen-bond acceptors (Lipinski definition) is 3. The number of nitrogens with zero attached hydrogens (tertiary/aromatic N) is 2. The smallest absolute Gasteiger partial charge is 0.338 e. The number of H-pyrrole nitrogens is 1. The molecule has 23 heavy (non-hydrogen) atoms. The average Bonchev–Trinajstić information content (AvgIpc) is 2.89. The standard InChI is InChI=1S/C14H7F4N3O2/c15-9-3-1-7(2-4-9)13-19-10-5-8(14(16,17)18)6-11(21(22)23)12(10)20-13/h1-6H,(H,19,20). The molecule has 5 nitrogen and oxygen atoms in total. The molecule has 1 aromatic heterocycles. The molecule has 1 heterocycles. The number of nitro groups is 1. The van der Waals surface area contributed by atoms with Crippen LogP contribution in [-0.2, 0) is 6.18 Å². The minimum absolute atomic E-state index is 0.113. The maximum Gasteiger partial charge on any atom is 0.416 e. The molecule has 0 saturated heterocycles. The first-order valence-corrected chi connectivity index (χ1v) is 6.27. The first-order valence-electron chi connectivity index (χ1n) is 6.27. The lowest BCUT2D eigenvalue weighted by molar-refractivity contribution is -0.383. The number of halogens is 4. The maximum absolute atomic E-state index is 12.9. The minimum Gasteiger partial charge on any atom is -0.338 e. The molecule has 118 valence electrons. The van der Waals surface area contributed by atoms with Crippen molar-refractivity contribution < 1.29 is 22.5 Å². The summed E-state index contributed by atoms with van der Waals surface area (Å²) < 4.78 is 51.4. The van der Waals surface area contributed by atoms with Gasteiger partial charge in [-0.2, -0.15) is 13.2 Å². The highest BCUT2D eigenvalue weighted by Crippen LogP contribution is 2.36. The van der Waals surface area contributed by atoms with E-state index in [1.165, 1.54) is 12.1 Å². The van der Waals surface area contributed by atoms with E-state index in [-0.39, 0.29) is 16.9 Å². The van der Waals surface area contributed by atoms with Crippen LogP contribution in [0.15, 0.2) is 36.4 Å². The fourth-order valence-electron chi connectivity index (χ4n) is 2.15. The number of fused-ring (bicyclic) bond motifs is 1. The molecule has 9 heteroatoms. The van der Waals surface area contributed by atoms with Gasteiger partial charge in [0.2, 0.25) is 0 Å². The number of non-ortho nitro benzene ring substituents is 1. The van der Waals surface area contributed by atoms with E-state index in [1.807, 2.05) is 0 Å². The molecule has 0 aliphatic heterocycles. The van der Waals surface area contributed by atoms with Gasteiger partial charge >= 0.3 is 6.18 Å². The summed E-state index contributed by atoms with van der Waals surface area (Å²) >= 11 is 0. The van der Waals surface area contributed by atoms with Crippen LogP contribution in [0.2, 0.25) is 0 Å². The number of imidazole rings is 1. The Hall–Kier alpha value is -2.97. The van der Waals surface area contributed by atoms with Crippen LogP contribution in [0.1, 0.15) is 5.56 Å². The number of alkyl halides is 3. The molecule has 0 amide bonds. The summed E-state index contributed by atoms with van der Waals surface area (Å²) in [5, 5.41) is 11.0. The zero-order valence-corrected chi connectivity index (χ0v) is 11.2. The molecule has 0 bridgehead atoms. The highest BCUT2D eigenvalue weighted by atomic mass is 19.4. The number of rotatable bonds is 2. The Morgan fingerprint density at radius 1 is 1.13 bits per heavy atom. The molecule has 0 unspecified atom stereocenters. The van der Waals surface area contributed by atoms with E-state index in [4.69, 9.17) is 0 Å². The van der Waals surface area contributed by atoms with Gasteiger partial charge in [0.1, 0.15) is 11.6 Å². The van der Waals surface area contributed by atoms with Gasteiger partial charge in [-0.15, -0.1) is 0 Å². The van der Waals surface area contributed by atoms with E-state index in [0.717, 1.165) is 18.2 Å². The van der Waals surface area contributed by atoms with Crippen molar-refractivity contribution in [3.8, 4) is 11.4 Å². The SMILES string of the molecule is O=[N+]([O-])c1cc(C(F)(F)F)cc2[nH]c(-c3ccc(F)cc3)nc12. The molecule has 0 aliphatic carbocycles. The third kappa shape index (κ3) is 2.72. The van der Waals surface area contributed by atoms with Crippen LogP contribution >= 0.6 is 0 Å². The summed E-state index contributed by atoms with van der Waals surface area (Å²) in [5.41, 5.74) is -1.82. The average molecular weight is 325 g/mol. The second-order valence-corrected chi connectivity index (χ2v) is 4.74. The molecular weight excluding hydrogens is 318 g/mol. The maximum atomic E-state index is 12.9. The van der Waals surface area contributed by atoms with Gasteiger partial charge < -0.3 is 4.98 Å². The molecule has 0 saturated carbocycles. The summed E-state index contributed by atoms with van der Waals surface area (Å²) in [6, 6.07) is 6.23. The van der Waals surface area contributed by atoms with Crippen LogP contribution in [0, 0.1) is 15.9 Å². The number of benzene rings is 2. The van der Waals surface area contributed by atoms with Crippen molar-refractivity contribution in [3.05, 3.63) is 57.9 Å². The van der Waals surface area contributed by atoms with Crippen molar-refractivity contribution in [1.29, 1.82) is 0 Å². The Kier molecular flexibility index (Phi) is 3.28. The number of aromatic nitrogens is 2.